The summed E-state index contributed by atoms with van der Waals surface area (Å²) in [5.74, 6) is -2.15. The Kier molecular flexibility index (Phi) is 4.00. The minimum Gasteiger partial charge on any atom is -0.207 e. The Hall–Kier alpha value is -0.660. The second-order valence-corrected chi connectivity index (χ2v) is 8.61. The van der Waals surface area contributed by atoms with E-state index in [1.54, 1.807) is 11.8 Å². The van der Waals surface area contributed by atoms with Gasteiger partial charge in [-0.15, -0.1) is 0 Å². The number of nitrogens with zero attached hydrogens (tertiary/aromatic N) is 1. The summed E-state index contributed by atoms with van der Waals surface area (Å²) in [5, 5.41) is 0.485. The Labute approximate surface area is 127 Å². The zero-order valence-corrected chi connectivity index (χ0v) is 13.3. The van der Waals surface area contributed by atoms with E-state index in [2.05, 4.69) is 0 Å². The number of hydrogen-bond acceptors (Lipinski definition) is 3. The Morgan fingerprint density at radius 1 is 1.14 bits per heavy atom. The van der Waals surface area contributed by atoms with E-state index in [9.17, 15) is 17.2 Å². The van der Waals surface area contributed by atoms with Crippen LogP contribution in [0.25, 0.3) is 0 Å². The van der Waals surface area contributed by atoms with Crippen molar-refractivity contribution in [2.75, 3.05) is 6.26 Å². The molecule has 2 bridgehead atoms. The van der Waals surface area contributed by atoms with Crippen LogP contribution in [-0.4, -0.2) is 36.3 Å². The molecule has 1 aromatic rings. The molecule has 116 valence electrons. The highest BCUT2D eigenvalue weighted by Crippen LogP contribution is 2.42. The van der Waals surface area contributed by atoms with Crippen molar-refractivity contribution in [3.63, 3.8) is 0 Å². The summed E-state index contributed by atoms with van der Waals surface area (Å²) >= 11 is 1.78. The van der Waals surface area contributed by atoms with Crippen molar-refractivity contribution in [3.05, 3.63) is 29.8 Å². The first-order valence-electron chi connectivity index (χ1n) is 6.95. The SMILES string of the molecule is CSC1CC2CCC(C1)N2S(=O)(=O)c1ccc(F)c(F)c1. The Bertz CT molecular complexity index is 636. The molecule has 3 nitrogen and oxygen atoms in total. The van der Waals surface area contributed by atoms with E-state index >= 15 is 0 Å². The van der Waals surface area contributed by atoms with E-state index in [1.165, 1.54) is 4.31 Å². The number of fused-ring (bicyclic) bond motifs is 2. The largest absolute Gasteiger partial charge is 0.243 e. The fourth-order valence-electron chi connectivity index (χ4n) is 3.43. The van der Waals surface area contributed by atoms with Gasteiger partial charge in [0, 0.05) is 17.3 Å². The molecular formula is C14H17F2NO2S2. The Balaban J connectivity index is 1.94. The first kappa shape index (κ1) is 15.2. The number of hydrogen-bond donors (Lipinski definition) is 0. The molecule has 0 aliphatic carbocycles. The third kappa shape index (κ3) is 2.59. The van der Waals surface area contributed by atoms with Gasteiger partial charge in [-0.2, -0.15) is 16.1 Å². The first-order chi connectivity index (χ1) is 9.93. The lowest BCUT2D eigenvalue weighted by molar-refractivity contribution is 0.253. The Morgan fingerprint density at radius 3 is 2.29 bits per heavy atom. The van der Waals surface area contributed by atoms with Crippen molar-refractivity contribution >= 4 is 21.8 Å². The van der Waals surface area contributed by atoms with Gasteiger partial charge < -0.3 is 0 Å². The quantitative estimate of drug-likeness (QED) is 0.853. The highest BCUT2D eigenvalue weighted by molar-refractivity contribution is 7.99. The summed E-state index contributed by atoms with van der Waals surface area (Å²) in [7, 11) is -3.75. The van der Waals surface area contributed by atoms with Gasteiger partial charge in [-0.05, 0) is 50.1 Å². The van der Waals surface area contributed by atoms with Crippen molar-refractivity contribution in [1.29, 1.82) is 0 Å². The average Bonchev–Trinajstić information content (AvgIpc) is 2.74. The lowest BCUT2D eigenvalue weighted by atomic mass is 10.1. The molecule has 2 unspecified atom stereocenters. The van der Waals surface area contributed by atoms with Gasteiger partial charge in [-0.25, -0.2) is 17.2 Å². The van der Waals surface area contributed by atoms with Crippen LogP contribution in [0.2, 0.25) is 0 Å². The van der Waals surface area contributed by atoms with Gasteiger partial charge in [0.1, 0.15) is 0 Å². The molecule has 2 atom stereocenters. The fraction of sp³-hybridized carbons (Fsp3) is 0.571. The van der Waals surface area contributed by atoms with Crippen LogP contribution in [0.4, 0.5) is 8.78 Å². The van der Waals surface area contributed by atoms with Gasteiger partial charge in [-0.3, -0.25) is 0 Å². The maximum atomic E-state index is 13.3. The summed E-state index contributed by atoms with van der Waals surface area (Å²) in [4.78, 5) is -0.152. The molecule has 0 N–H and O–H groups in total. The van der Waals surface area contributed by atoms with Crippen molar-refractivity contribution in [2.24, 2.45) is 0 Å². The van der Waals surface area contributed by atoms with Gasteiger partial charge >= 0.3 is 0 Å². The van der Waals surface area contributed by atoms with Crippen LogP contribution in [0.15, 0.2) is 23.1 Å². The van der Waals surface area contributed by atoms with Crippen LogP contribution >= 0.6 is 11.8 Å². The molecule has 0 spiro atoms. The monoisotopic (exact) mass is 333 g/mol. The molecule has 3 rings (SSSR count). The van der Waals surface area contributed by atoms with Crippen LogP contribution in [0.3, 0.4) is 0 Å². The zero-order valence-electron chi connectivity index (χ0n) is 11.6. The minimum atomic E-state index is -3.75. The maximum Gasteiger partial charge on any atom is 0.243 e. The summed E-state index contributed by atoms with van der Waals surface area (Å²) in [6.45, 7) is 0. The van der Waals surface area contributed by atoms with E-state index in [4.69, 9.17) is 0 Å². The fourth-order valence-corrected chi connectivity index (χ4v) is 6.16. The van der Waals surface area contributed by atoms with Crippen molar-refractivity contribution in [2.45, 2.75) is 47.9 Å². The Morgan fingerprint density at radius 2 is 1.76 bits per heavy atom. The molecular weight excluding hydrogens is 316 g/mol. The molecule has 0 radical (unpaired) electrons. The van der Waals surface area contributed by atoms with E-state index in [1.807, 2.05) is 6.26 Å². The molecule has 21 heavy (non-hydrogen) atoms. The first-order valence-corrected chi connectivity index (χ1v) is 9.67. The molecule has 0 amide bonds. The van der Waals surface area contributed by atoms with Crippen LogP contribution in [0, 0.1) is 11.6 Å². The molecule has 0 aromatic heterocycles. The van der Waals surface area contributed by atoms with E-state index in [0.29, 0.717) is 5.25 Å². The average molecular weight is 333 g/mol. The number of sulfonamides is 1. The van der Waals surface area contributed by atoms with Gasteiger partial charge in [0.25, 0.3) is 0 Å². The summed E-state index contributed by atoms with van der Waals surface area (Å²) in [5.41, 5.74) is 0. The highest BCUT2D eigenvalue weighted by Gasteiger charge is 2.47. The van der Waals surface area contributed by atoms with Gasteiger partial charge in [0.05, 0.1) is 4.90 Å². The predicted molar refractivity (Wildman–Crippen MR) is 78.7 cm³/mol. The molecule has 2 aliphatic rings. The summed E-state index contributed by atoms with van der Waals surface area (Å²) in [6.07, 6.45) is 5.42. The molecule has 7 heteroatoms. The molecule has 2 heterocycles. The molecule has 2 saturated heterocycles. The number of halogens is 2. The summed E-state index contributed by atoms with van der Waals surface area (Å²) < 4.78 is 53.4. The molecule has 1 aromatic carbocycles. The number of rotatable bonds is 3. The molecule has 2 aliphatic heterocycles. The summed E-state index contributed by atoms with van der Waals surface area (Å²) in [6, 6.07) is 2.77. The number of benzene rings is 1. The molecule has 2 fully saturated rings. The van der Waals surface area contributed by atoms with Crippen LogP contribution < -0.4 is 0 Å². The van der Waals surface area contributed by atoms with Crippen LogP contribution in [-0.2, 0) is 10.0 Å². The number of thioether (sulfide) groups is 1. The van der Waals surface area contributed by atoms with Crippen molar-refractivity contribution in [3.8, 4) is 0 Å². The van der Waals surface area contributed by atoms with Gasteiger partial charge in [0.2, 0.25) is 10.0 Å². The lowest BCUT2D eigenvalue weighted by Gasteiger charge is -2.37. The van der Waals surface area contributed by atoms with E-state index < -0.39 is 21.7 Å². The lowest BCUT2D eigenvalue weighted by Crippen LogP contribution is -2.47. The second-order valence-electron chi connectivity index (χ2n) is 5.62. The third-order valence-electron chi connectivity index (χ3n) is 4.42. The standard InChI is InChI=1S/C14H17F2NO2S2/c1-20-11-6-9-2-3-10(7-11)17(9)21(18,19)12-4-5-13(15)14(16)8-12/h4-5,8-11H,2-3,6-7H2,1H3. The topological polar surface area (TPSA) is 37.4 Å². The maximum absolute atomic E-state index is 13.3. The van der Waals surface area contributed by atoms with Crippen LogP contribution in [0.1, 0.15) is 25.7 Å². The van der Waals surface area contributed by atoms with Crippen LogP contribution in [0.5, 0.6) is 0 Å². The van der Waals surface area contributed by atoms with Crippen molar-refractivity contribution < 1.29 is 17.2 Å². The smallest absolute Gasteiger partial charge is 0.207 e. The van der Waals surface area contributed by atoms with E-state index in [0.717, 1.165) is 43.9 Å². The normalized spacial score (nSPS) is 29.8. The number of piperidine rings is 1. The van der Waals surface area contributed by atoms with Gasteiger partial charge in [0.15, 0.2) is 11.6 Å². The van der Waals surface area contributed by atoms with E-state index in [-0.39, 0.29) is 17.0 Å². The second kappa shape index (κ2) is 5.52. The highest BCUT2D eigenvalue weighted by atomic mass is 32.2. The predicted octanol–water partition coefficient (Wildman–Crippen LogP) is 3.01. The minimum absolute atomic E-state index is 0.0145. The van der Waals surface area contributed by atoms with Gasteiger partial charge in [-0.1, -0.05) is 0 Å². The van der Waals surface area contributed by atoms with Crippen molar-refractivity contribution in [1.82, 2.24) is 4.31 Å². The third-order valence-corrected chi connectivity index (χ3v) is 7.48. The molecule has 0 saturated carbocycles. The zero-order chi connectivity index (χ0) is 15.2.